The molecule has 1 amide bonds. The molecule has 2 saturated heterocycles. The van der Waals surface area contributed by atoms with Crippen molar-refractivity contribution in [2.45, 2.75) is 44.6 Å². The van der Waals surface area contributed by atoms with E-state index in [0.717, 1.165) is 37.3 Å². The van der Waals surface area contributed by atoms with Crippen molar-refractivity contribution >= 4 is 35.8 Å². The zero-order valence-electron chi connectivity index (χ0n) is 18.1. The van der Waals surface area contributed by atoms with Crippen LogP contribution in [0, 0.1) is 11.7 Å². The largest absolute Gasteiger partial charge is 0.381 e. The first-order valence-corrected chi connectivity index (χ1v) is 10.5. The van der Waals surface area contributed by atoms with E-state index in [9.17, 15) is 9.18 Å². The van der Waals surface area contributed by atoms with Crippen LogP contribution in [0.4, 0.5) is 4.39 Å². The Morgan fingerprint density at radius 3 is 2.73 bits per heavy atom. The lowest BCUT2D eigenvalue weighted by molar-refractivity contribution is -0.133. The average Bonchev–Trinajstić information content (AvgIpc) is 3.19. The first-order chi connectivity index (χ1) is 13.9. The highest BCUT2D eigenvalue weighted by Gasteiger charge is 2.35. The van der Waals surface area contributed by atoms with Gasteiger partial charge in [0.15, 0.2) is 5.96 Å². The molecule has 2 aliphatic rings. The molecular formula is C22H34FIN4O2. The fraction of sp³-hybridized carbons (Fsp3) is 0.636. The van der Waals surface area contributed by atoms with Crippen molar-refractivity contribution in [3.63, 3.8) is 0 Å². The number of amides is 1. The molecule has 0 aliphatic carbocycles. The van der Waals surface area contributed by atoms with E-state index < -0.39 is 0 Å². The fourth-order valence-corrected chi connectivity index (χ4v) is 4.23. The van der Waals surface area contributed by atoms with E-state index in [1.807, 2.05) is 24.8 Å². The number of halogens is 2. The molecule has 1 aromatic carbocycles. The first kappa shape index (κ1) is 24.8. The summed E-state index contributed by atoms with van der Waals surface area (Å²) in [7, 11) is 1.75. The molecule has 2 heterocycles. The minimum atomic E-state index is -0.211. The van der Waals surface area contributed by atoms with E-state index in [0.29, 0.717) is 26.3 Å². The molecule has 0 spiro atoms. The summed E-state index contributed by atoms with van der Waals surface area (Å²) in [5.41, 5.74) is 0.811. The quantitative estimate of drug-likeness (QED) is 0.348. The molecule has 2 N–H and O–H groups in total. The van der Waals surface area contributed by atoms with E-state index in [1.165, 1.54) is 6.07 Å². The van der Waals surface area contributed by atoms with Gasteiger partial charge in [0.2, 0.25) is 5.91 Å². The number of aliphatic imine (C=N–C) groups is 1. The van der Waals surface area contributed by atoms with Crippen molar-refractivity contribution < 1.29 is 13.9 Å². The third-order valence-electron chi connectivity index (χ3n) is 6.04. The summed E-state index contributed by atoms with van der Waals surface area (Å²) < 4.78 is 19.4. The summed E-state index contributed by atoms with van der Waals surface area (Å²) >= 11 is 0. The highest BCUT2D eigenvalue weighted by molar-refractivity contribution is 14.0. The zero-order valence-corrected chi connectivity index (χ0v) is 20.4. The van der Waals surface area contributed by atoms with Crippen molar-refractivity contribution in [1.82, 2.24) is 15.5 Å². The van der Waals surface area contributed by atoms with Gasteiger partial charge in [0.1, 0.15) is 5.82 Å². The van der Waals surface area contributed by atoms with Gasteiger partial charge >= 0.3 is 0 Å². The normalized spacial score (nSPS) is 21.3. The number of hydrogen-bond acceptors (Lipinski definition) is 3. The second-order valence-corrected chi connectivity index (χ2v) is 8.40. The lowest BCUT2D eigenvalue weighted by atomic mass is 9.74. The molecule has 1 atom stereocenters. The molecule has 6 nitrogen and oxygen atoms in total. The monoisotopic (exact) mass is 532 g/mol. The molecule has 2 aliphatic heterocycles. The molecule has 1 unspecified atom stereocenters. The van der Waals surface area contributed by atoms with Gasteiger partial charge in [-0.15, -0.1) is 24.0 Å². The Labute approximate surface area is 196 Å². The van der Waals surface area contributed by atoms with Gasteiger partial charge in [-0.1, -0.05) is 26.0 Å². The molecule has 0 radical (unpaired) electrons. The molecule has 0 bridgehead atoms. The lowest BCUT2D eigenvalue weighted by Gasteiger charge is -2.38. The molecule has 8 heteroatoms. The van der Waals surface area contributed by atoms with Crippen molar-refractivity contribution in [1.29, 1.82) is 0 Å². The van der Waals surface area contributed by atoms with Gasteiger partial charge in [-0.2, -0.15) is 0 Å². The number of nitrogens with one attached hydrogen (secondary N) is 2. The van der Waals surface area contributed by atoms with Crippen LogP contribution >= 0.6 is 24.0 Å². The third-order valence-corrected chi connectivity index (χ3v) is 6.04. The molecule has 0 saturated carbocycles. The van der Waals surface area contributed by atoms with E-state index in [2.05, 4.69) is 15.6 Å². The summed E-state index contributed by atoms with van der Waals surface area (Å²) in [5, 5.41) is 6.90. The highest BCUT2D eigenvalue weighted by Crippen LogP contribution is 2.34. The summed E-state index contributed by atoms with van der Waals surface area (Å²) in [6.07, 6.45) is 2.57. The summed E-state index contributed by atoms with van der Waals surface area (Å²) in [4.78, 5) is 18.5. The van der Waals surface area contributed by atoms with Crippen LogP contribution in [0.2, 0.25) is 0 Å². The van der Waals surface area contributed by atoms with Crippen LogP contribution in [0.5, 0.6) is 0 Å². The second kappa shape index (κ2) is 11.3. The molecule has 3 rings (SSSR count). The molecular weight excluding hydrogens is 498 g/mol. The fourth-order valence-electron chi connectivity index (χ4n) is 4.23. The van der Waals surface area contributed by atoms with Crippen molar-refractivity contribution in [3.8, 4) is 0 Å². The van der Waals surface area contributed by atoms with Gasteiger partial charge in [-0.3, -0.25) is 9.79 Å². The topological polar surface area (TPSA) is 66.0 Å². The standard InChI is InChI=1S/C22H33FN4O2.HI/c1-16(2)20(28)27-10-7-19(14-27)26-21(24-3)25-15-22(8-11-29-12-9-22)17-5-4-6-18(23)13-17;/h4-6,13,16,19H,7-12,14-15H2,1-3H3,(H2,24,25,26);1H. The van der Waals surface area contributed by atoms with Crippen LogP contribution in [0.15, 0.2) is 29.3 Å². The van der Waals surface area contributed by atoms with Crippen LogP contribution in [0.3, 0.4) is 0 Å². The number of carbonyl (C=O) groups excluding carboxylic acids is 1. The number of benzene rings is 1. The van der Waals surface area contributed by atoms with Gasteiger partial charge in [0.25, 0.3) is 0 Å². The van der Waals surface area contributed by atoms with Gasteiger partial charge in [-0.05, 0) is 37.0 Å². The number of hydrogen-bond donors (Lipinski definition) is 2. The van der Waals surface area contributed by atoms with E-state index in [1.54, 1.807) is 19.2 Å². The van der Waals surface area contributed by atoms with Gasteiger partial charge in [-0.25, -0.2) is 4.39 Å². The minimum Gasteiger partial charge on any atom is -0.381 e. The SMILES string of the molecule is CN=C(NCC1(c2cccc(F)c2)CCOCC1)NC1CCN(C(=O)C(C)C)C1.I. The molecule has 0 aromatic heterocycles. The minimum absolute atomic E-state index is 0. The third kappa shape index (κ3) is 6.06. The van der Waals surface area contributed by atoms with Gasteiger partial charge in [0.05, 0.1) is 0 Å². The molecule has 168 valence electrons. The first-order valence-electron chi connectivity index (χ1n) is 10.5. The maximum atomic E-state index is 13.9. The van der Waals surface area contributed by atoms with E-state index in [-0.39, 0.29) is 53.1 Å². The van der Waals surface area contributed by atoms with Crippen LogP contribution in [-0.4, -0.2) is 62.7 Å². The van der Waals surface area contributed by atoms with Crippen LogP contribution in [0.1, 0.15) is 38.7 Å². The Hall–Kier alpha value is -1.42. The van der Waals surface area contributed by atoms with Crippen molar-refractivity contribution in [2.75, 3.05) is 39.9 Å². The number of likely N-dealkylation sites (tertiary alicyclic amines) is 1. The van der Waals surface area contributed by atoms with Crippen LogP contribution < -0.4 is 10.6 Å². The Kier molecular flexibility index (Phi) is 9.33. The second-order valence-electron chi connectivity index (χ2n) is 8.40. The number of ether oxygens (including phenoxy) is 1. The maximum absolute atomic E-state index is 13.9. The number of rotatable bonds is 5. The summed E-state index contributed by atoms with van der Waals surface area (Å²) in [5.74, 6) is 0.725. The van der Waals surface area contributed by atoms with Crippen molar-refractivity contribution in [3.05, 3.63) is 35.6 Å². The maximum Gasteiger partial charge on any atom is 0.225 e. The molecule has 30 heavy (non-hydrogen) atoms. The number of guanidine groups is 1. The summed E-state index contributed by atoms with van der Waals surface area (Å²) in [6.45, 7) is 7.32. The highest BCUT2D eigenvalue weighted by atomic mass is 127. The summed E-state index contributed by atoms with van der Waals surface area (Å²) in [6, 6.07) is 7.07. The Morgan fingerprint density at radius 2 is 2.10 bits per heavy atom. The number of carbonyl (C=O) groups is 1. The predicted octanol–water partition coefficient (Wildman–Crippen LogP) is 2.91. The number of nitrogens with zero attached hydrogens (tertiary/aromatic N) is 2. The molecule has 2 fully saturated rings. The van der Waals surface area contributed by atoms with Gasteiger partial charge in [0, 0.05) is 57.3 Å². The Bertz CT molecular complexity index is 738. The van der Waals surface area contributed by atoms with Crippen LogP contribution in [0.25, 0.3) is 0 Å². The van der Waals surface area contributed by atoms with Gasteiger partial charge < -0.3 is 20.3 Å². The van der Waals surface area contributed by atoms with Crippen LogP contribution in [-0.2, 0) is 14.9 Å². The van der Waals surface area contributed by atoms with E-state index in [4.69, 9.17) is 4.74 Å². The average molecular weight is 532 g/mol. The predicted molar refractivity (Wildman–Crippen MR) is 128 cm³/mol. The van der Waals surface area contributed by atoms with E-state index >= 15 is 0 Å². The Morgan fingerprint density at radius 1 is 1.37 bits per heavy atom. The lowest BCUT2D eigenvalue weighted by Crippen LogP contribution is -2.50. The Balaban J connectivity index is 0.00000320. The molecule has 1 aromatic rings. The van der Waals surface area contributed by atoms with Crippen molar-refractivity contribution in [2.24, 2.45) is 10.9 Å². The smallest absolute Gasteiger partial charge is 0.225 e. The zero-order chi connectivity index (χ0) is 20.9.